The molecule has 0 unspecified atom stereocenters. The van der Waals surface area contributed by atoms with Crippen molar-refractivity contribution in [3.05, 3.63) is 0 Å². The van der Waals surface area contributed by atoms with E-state index in [1.54, 1.807) is 0 Å². The molecule has 3 aliphatic carbocycles. The normalized spacial score (nSPS) is 44.1. The smallest absolute Gasteiger partial charge is 0.0129 e. The molecule has 0 saturated heterocycles. The minimum atomic E-state index is 0.335. The molecule has 0 aromatic rings. The quantitative estimate of drug-likeness (QED) is 0.584. The third-order valence-electron chi connectivity index (χ3n) is 2.83. The van der Waals surface area contributed by atoms with E-state index in [1.807, 2.05) is 0 Å². The van der Waals surface area contributed by atoms with Crippen LogP contribution in [0.15, 0.2) is 0 Å². The molecule has 58 valence electrons. The Morgan fingerprint density at radius 3 is 1.70 bits per heavy atom. The van der Waals surface area contributed by atoms with E-state index in [1.165, 1.54) is 12.8 Å². The minimum Gasteiger partial charge on any atom is -0.309 e. The molecule has 1 heteroatoms. The van der Waals surface area contributed by atoms with Crippen molar-refractivity contribution < 1.29 is 0 Å². The van der Waals surface area contributed by atoms with Crippen molar-refractivity contribution in [3.63, 3.8) is 0 Å². The molecule has 0 aromatic carbocycles. The van der Waals surface area contributed by atoms with Gasteiger partial charge in [-0.05, 0) is 45.4 Å². The summed E-state index contributed by atoms with van der Waals surface area (Å²) in [5.74, 6) is 2.09. The van der Waals surface area contributed by atoms with Crippen LogP contribution in [-0.2, 0) is 0 Å². The zero-order chi connectivity index (χ0) is 7.35. The third kappa shape index (κ3) is 0.878. The van der Waals surface area contributed by atoms with E-state index in [9.17, 15) is 0 Å². The highest BCUT2D eigenvalue weighted by Crippen LogP contribution is 2.53. The first-order chi connectivity index (χ1) is 4.56. The number of nitrogens with one attached hydrogen (secondary N) is 1. The predicted molar refractivity (Wildman–Crippen MR) is 42.9 cm³/mol. The van der Waals surface area contributed by atoms with Gasteiger partial charge in [-0.15, -0.1) is 0 Å². The highest BCUT2D eigenvalue weighted by molar-refractivity contribution is 5.08. The maximum Gasteiger partial charge on any atom is 0.0129 e. The summed E-state index contributed by atoms with van der Waals surface area (Å²) in [4.78, 5) is 0. The van der Waals surface area contributed by atoms with Gasteiger partial charge in [0, 0.05) is 11.6 Å². The Morgan fingerprint density at radius 2 is 1.60 bits per heavy atom. The summed E-state index contributed by atoms with van der Waals surface area (Å²) in [5, 5.41) is 3.66. The van der Waals surface area contributed by atoms with Crippen LogP contribution in [-0.4, -0.2) is 11.6 Å². The molecule has 0 atom stereocenters. The largest absolute Gasteiger partial charge is 0.309 e. The standard InChI is InChI=1S/C9H17N/c1-9(2,3)10-8-6-4-7(8)5-6/h6-8,10H,4-5H2,1-3H3. The van der Waals surface area contributed by atoms with Crippen LogP contribution >= 0.6 is 0 Å². The van der Waals surface area contributed by atoms with E-state index in [0.717, 1.165) is 17.9 Å². The first-order valence-corrected chi connectivity index (χ1v) is 4.34. The lowest BCUT2D eigenvalue weighted by Gasteiger charge is -2.60. The van der Waals surface area contributed by atoms with Gasteiger partial charge in [0.05, 0.1) is 0 Å². The van der Waals surface area contributed by atoms with Crippen LogP contribution in [0.3, 0.4) is 0 Å². The van der Waals surface area contributed by atoms with E-state index in [2.05, 4.69) is 26.1 Å². The van der Waals surface area contributed by atoms with E-state index >= 15 is 0 Å². The van der Waals surface area contributed by atoms with Crippen LogP contribution < -0.4 is 5.32 Å². The summed E-state index contributed by atoms with van der Waals surface area (Å²) in [5.41, 5.74) is 0.335. The summed E-state index contributed by atoms with van der Waals surface area (Å²) in [7, 11) is 0. The molecular formula is C9H17N. The highest BCUT2D eigenvalue weighted by Gasteiger charge is 2.52. The van der Waals surface area contributed by atoms with Gasteiger partial charge < -0.3 is 5.32 Å². The van der Waals surface area contributed by atoms with Crippen molar-refractivity contribution in [2.45, 2.75) is 45.2 Å². The van der Waals surface area contributed by atoms with Crippen molar-refractivity contribution in [1.29, 1.82) is 0 Å². The molecule has 3 saturated carbocycles. The first kappa shape index (κ1) is 6.66. The van der Waals surface area contributed by atoms with Crippen LogP contribution in [0.1, 0.15) is 33.6 Å². The van der Waals surface area contributed by atoms with Crippen molar-refractivity contribution in [3.8, 4) is 0 Å². The zero-order valence-electron chi connectivity index (χ0n) is 7.15. The van der Waals surface area contributed by atoms with Crippen molar-refractivity contribution in [1.82, 2.24) is 5.32 Å². The van der Waals surface area contributed by atoms with Crippen LogP contribution in [0, 0.1) is 11.8 Å². The van der Waals surface area contributed by atoms with E-state index in [4.69, 9.17) is 0 Å². The van der Waals surface area contributed by atoms with Gasteiger partial charge in [0.2, 0.25) is 0 Å². The molecule has 0 heterocycles. The van der Waals surface area contributed by atoms with Crippen molar-refractivity contribution >= 4 is 0 Å². The Bertz CT molecular complexity index is 131. The van der Waals surface area contributed by atoms with Gasteiger partial charge in [-0.1, -0.05) is 0 Å². The Hall–Kier alpha value is -0.0400. The zero-order valence-corrected chi connectivity index (χ0v) is 7.15. The van der Waals surface area contributed by atoms with Gasteiger partial charge in [0.1, 0.15) is 0 Å². The van der Waals surface area contributed by atoms with Crippen LogP contribution in [0.4, 0.5) is 0 Å². The molecule has 3 fully saturated rings. The second-order valence-corrected chi connectivity index (χ2v) is 4.91. The molecule has 0 aromatic heterocycles. The predicted octanol–water partition coefficient (Wildman–Crippen LogP) is 1.78. The maximum absolute atomic E-state index is 3.66. The minimum absolute atomic E-state index is 0.335. The van der Waals surface area contributed by atoms with Gasteiger partial charge in [-0.3, -0.25) is 0 Å². The molecule has 0 spiro atoms. The molecule has 0 amide bonds. The lowest BCUT2D eigenvalue weighted by molar-refractivity contribution is -0.0534. The SMILES string of the molecule is CC(C)(C)NC1C2CC1C2. The van der Waals surface area contributed by atoms with Gasteiger partial charge in [-0.2, -0.15) is 0 Å². The summed E-state index contributed by atoms with van der Waals surface area (Å²) in [6, 6.07) is 0.889. The van der Waals surface area contributed by atoms with E-state index < -0.39 is 0 Å². The Kier molecular flexibility index (Phi) is 1.17. The Balaban J connectivity index is 1.82. The number of rotatable bonds is 1. The third-order valence-corrected chi connectivity index (χ3v) is 2.83. The van der Waals surface area contributed by atoms with E-state index in [-0.39, 0.29) is 0 Å². The summed E-state index contributed by atoms with van der Waals surface area (Å²) < 4.78 is 0. The number of hydrogen-bond donors (Lipinski definition) is 1. The summed E-state index contributed by atoms with van der Waals surface area (Å²) in [6.07, 6.45) is 3.02. The average Bonchev–Trinajstić information content (AvgIpc) is 1.51. The van der Waals surface area contributed by atoms with Gasteiger partial charge in [0.15, 0.2) is 0 Å². The fraction of sp³-hybridized carbons (Fsp3) is 1.00. The molecule has 1 nitrogen and oxygen atoms in total. The molecule has 0 radical (unpaired) electrons. The lowest BCUT2D eigenvalue weighted by atomic mass is 9.51. The Labute approximate surface area is 63.2 Å². The van der Waals surface area contributed by atoms with Crippen LogP contribution in [0.2, 0.25) is 0 Å². The Morgan fingerprint density at radius 1 is 1.10 bits per heavy atom. The maximum atomic E-state index is 3.66. The molecule has 3 rings (SSSR count). The summed E-state index contributed by atoms with van der Waals surface area (Å²) >= 11 is 0. The number of hydrogen-bond acceptors (Lipinski definition) is 1. The summed E-state index contributed by atoms with van der Waals surface area (Å²) in [6.45, 7) is 6.76. The monoisotopic (exact) mass is 139 g/mol. The molecule has 2 bridgehead atoms. The fourth-order valence-corrected chi connectivity index (χ4v) is 2.02. The molecule has 1 N–H and O–H groups in total. The van der Waals surface area contributed by atoms with Crippen LogP contribution in [0.25, 0.3) is 0 Å². The topological polar surface area (TPSA) is 12.0 Å². The molecular weight excluding hydrogens is 122 g/mol. The van der Waals surface area contributed by atoms with Crippen molar-refractivity contribution in [2.75, 3.05) is 0 Å². The first-order valence-electron chi connectivity index (χ1n) is 4.34. The van der Waals surface area contributed by atoms with Gasteiger partial charge >= 0.3 is 0 Å². The highest BCUT2D eigenvalue weighted by atomic mass is 15.0. The van der Waals surface area contributed by atoms with Gasteiger partial charge in [-0.25, -0.2) is 0 Å². The van der Waals surface area contributed by atoms with E-state index in [0.29, 0.717) is 5.54 Å². The lowest BCUT2D eigenvalue weighted by Crippen LogP contribution is -2.65. The average molecular weight is 139 g/mol. The fourth-order valence-electron chi connectivity index (χ4n) is 2.02. The molecule has 0 aliphatic heterocycles. The van der Waals surface area contributed by atoms with Gasteiger partial charge in [0.25, 0.3) is 0 Å². The second-order valence-electron chi connectivity index (χ2n) is 4.91. The molecule has 10 heavy (non-hydrogen) atoms. The van der Waals surface area contributed by atoms with Crippen molar-refractivity contribution in [2.24, 2.45) is 11.8 Å². The van der Waals surface area contributed by atoms with Crippen LogP contribution in [0.5, 0.6) is 0 Å². The second kappa shape index (κ2) is 1.76. The molecule has 3 aliphatic rings.